The van der Waals surface area contributed by atoms with E-state index in [9.17, 15) is 0 Å². The van der Waals surface area contributed by atoms with Crippen molar-refractivity contribution in [3.63, 3.8) is 0 Å². The fourth-order valence-electron chi connectivity index (χ4n) is 2.76. The minimum atomic E-state index is 0.709. The number of nitrogens with two attached hydrogens (primary N) is 1. The lowest BCUT2D eigenvalue weighted by Gasteiger charge is -2.30. The zero-order valence-corrected chi connectivity index (χ0v) is 9.79. The maximum absolute atomic E-state index is 5.69. The van der Waals surface area contributed by atoms with Crippen LogP contribution in [0.15, 0.2) is 18.2 Å². The van der Waals surface area contributed by atoms with Crippen molar-refractivity contribution in [2.24, 2.45) is 5.73 Å². The second-order valence-corrected chi connectivity index (χ2v) is 4.89. The summed E-state index contributed by atoms with van der Waals surface area (Å²) in [4.78, 5) is 0. The van der Waals surface area contributed by atoms with Crippen molar-refractivity contribution in [1.29, 1.82) is 0 Å². The summed E-state index contributed by atoms with van der Waals surface area (Å²) in [7, 11) is 0. The summed E-state index contributed by atoms with van der Waals surface area (Å²) in [6.45, 7) is 5.33. The summed E-state index contributed by atoms with van der Waals surface area (Å²) in [6.07, 6.45) is 3.78. The molecule has 2 unspecified atom stereocenters. The maximum Gasteiger partial charge on any atom is -0.00714 e. The van der Waals surface area contributed by atoms with Gasteiger partial charge in [-0.05, 0) is 55.7 Å². The van der Waals surface area contributed by atoms with Gasteiger partial charge >= 0.3 is 0 Å². The van der Waals surface area contributed by atoms with Crippen molar-refractivity contribution >= 4 is 0 Å². The molecule has 0 aromatic heterocycles. The normalized spacial score (nSPS) is 25.0. The minimum Gasteiger partial charge on any atom is -0.330 e. The van der Waals surface area contributed by atoms with E-state index >= 15 is 0 Å². The van der Waals surface area contributed by atoms with Crippen LogP contribution in [0.1, 0.15) is 54.7 Å². The van der Waals surface area contributed by atoms with Crippen LogP contribution in [0.3, 0.4) is 0 Å². The Morgan fingerprint density at radius 1 is 1.27 bits per heavy atom. The van der Waals surface area contributed by atoms with Gasteiger partial charge in [0.2, 0.25) is 0 Å². The van der Waals surface area contributed by atoms with Crippen molar-refractivity contribution < 1.29 is 0 Å². The van der Waals surface area contributed by atoms with Gasteiger partial charge in [-0.15, -0.1) is 0 Å². The van der Waals surface area contributed by atoms with E-state index in [-0.39, 0.29) is 0 Å². The first kappa shape index (κ1) is 10.7. The van der Waals surface area contributed by atoms with Crippen LogP contribution < -0.4 is 5.73 Å². The maximum atomic E-state index is 5.69. The van der Waals surface area contributed by atoms with E-state index in [1.165, 1.54) is 18.4 Å². The van der Waals surface area contributed by atoms with Crippen LogP contribution in [0.2, 0.25) is 0 Å². The molecule has 0 aliphatic heterocycles. The second-order valence-electron chi connectivity index (χ2n) is 4.89. The standard InChI is InChI=1S/C14H21N/c1-10-3-6-13-11(2)4-5-12(7-8-15)14(13)9-10/h3,6,9,11-12H,4-5,7-8,15H2,1-2H3. The minimum absolute atomic E-state index is 0.709. The Kier molecular flexibility index (Phi) is 3.11. The van der Waals surface area contributed by atoms with Gasteiger partial charge in [0.1, 0.15) is 0 Å². The van der Waals surface area contributed by atoms with E-state index in [0.29, 0.717) is 5.92 Å². The van der Waals surface area contributed by atoms with Crippen LogP contribution in [0.25, 0.3) is 0 Å². The Hall–Kier alpha value is -0.820. The Morgan fingerprint density at radius 2 is 2.07 bits per heavy atom. The molecule has 2 N–H and O–H groups in total. The van der Waals surface area contributed by atoms with Crippen LogP contribution in [0, 0.1) is 6.92 Å². The molecule has 15 heavy (non-hydrogen) atoms. The van der Waals surface area contributed by atoms with Crippen LogP contribution in [0.5, 0.6) is 0 Å². The number of fused-ring (bicyclic) bond motifs is 1. The Bertz CT molecular complexity index is 343. The highest BCUT2D eigenvalue weighted by molar-refractivity contribution is 5.38. The topological polar surface area (TPSA) is 26.0 Å². The fourth-order valence-corrected chi connectivity index (χ4v) is 2.76. The molecule has 0 bridgehead atoms. The molecule has 0 fully saturated rings. The fraction of sp³-hybridized carbons (Fsp3) is 0.571. The van der Waals surface area contributed by atoms with Gasteiger partial charge < -0.3 is 5.73 Å². The number of rotatable bonds is 2. The Labute approximate surface area is 92.7 Å². The van der Waals surface area contributed by atoms with Crippen molar-refractivity contribution in [3.8, 4) is 0 Å². The van der Waals surface area contributed by atoms with E-state index in [4.69, 9.17) is 5.73 Å². The van der Waals surface area contributed by atoms with Gasteiger partial charge in [0.25, 0.3) is 0 Å². The molecule has 1 aliphatic rings. The first-order chi connectivity index (χ1) is 7.22. The molecule has 82 valence electrons. The van der Waals surface area contributed by atoms with Gasteiger partial charge in [0.05, 0.1) is 0 Å². The summed E-state index contributed by atoms with van der Waals surface area (Å²) < 4.78 is 0. The molecule has 1 aromatic rings. The smallest absolute Gasteiger partial charge is 0.00714 e. The second kappa shape index (κ2) is 4.36. The molecule has 2 rings (SSSR count). The van der Waals surface area contributed by atoms with Gasteiger partial charge in [-0.2, -0.15) is 0 Å². The highest BCUT2D eigenvalue weighted by Crippen LogP contribution is 2.40. The van der Waals surface area contributed by atoms with Crippen LogP contribution in [-0.4, -0.2) is 6.54 Å². The summed E-state index contributed by atoms with van der Waals surface area (Å²) >= 11 is 0. The van der Waals surface area contributed by atoms with Crippen LogP contribution in [0.4, 0.5) is 0 Å². The van der Waals surface area contributed by atoms with Gasteiger partial charge in [-0.1, -0.05) is 30.7 Å². The molecule has 0 radical (unpaired) electrons. The molecule has 1 heteroatoms. The van der Waals surface area contributed by atoms with E-state index < -0.39 is 0 Å². The zero-order chi connectivity index (χ0) is 10.8. The van der Waals surface area contributed by atoms with Gasteiger partial charge in [-0.3, -0.25) is 0 Å². The average Bonchev–Trinajstić information content (AvgIpc) is 2.22. The third-order valence-electron chi connectivity index (χ3n) is 3.68. The lowest BCUT2D eigenvalue weighted by molar-refractivity contribution is 0.483. The van der Waals surface area contributed by atoms with Crippen molar-refractivity contribution in [1.82, 2.24) is 0 Å². The largest absolute Gasteiger partial charge is 0.330 e. The summed E-state index contributed by atoms with van der Waals surface area (Å²) in [5, 5.41) is 0. The summed E-state index contributed by atoms with van der Waals surface area (Å²) in [5.74, 6) is 1.44. The molecule has 0 saturated carbocycles. The third kappa shape index (κ3) is 2.07. The first-order valence-corrected chi connectivity index (χ1v) is 6.03. The highest BCUT2D eigenvalue weighted by atomic mass is 14.5. The van der Waals surface area contributed by atoms with E-state index in [0.717, 1.165) is 18.9 Å². The van der Waals surface area contributed by atoms with Crippen molar-refractivity contribution in [2.75, 3.05) is 6.54 Å². The van der Waals surface area contributed by atoms with E-state index in [1.54, 1.807) is 11.1 Å². The molecule has 2 atom stereocenters. The van der Waals surface area contributed by atoms with E-state index in [1.807, 2.05) is 0 Å². The Morgan fingerprint density at radius 3 is 2.80 bits per heavy atom. The van der Waals surface area contributed by atoms with Gasteiger partial charge in [-0.25, -0.2) is 0 Å². The van der Waals surface area contributed by atoms with Crippen LogP contribution in [-0.2, 0) is 0 Å². The SMILES string of the molecule is Cc1ccc2c(c1)C(CCN)CCC2C. The van der Waals surface area contributed by atoms with Crippen molar-refractivity contribution in [3.05, 3.63) is 34.9 Å². The summed E-state index contributed by atoms with van der Waals surface area (Å²) in [6, 6.07) is 6.92. The molecule has 1 aliphatic carbocycles. The molecule has 0 amide bonds. The predicted octanol–water partition coefficient (Wildman–Crippen LogP) is 3.32. The molecule has 0 heterocycles. The monoisotopic (exact) mass is 203 g/mol. The molecule has 0 spiro atoms. The zero-order valence-electron chi connectivity index (χ0n) is 9.79. The number of aryl methyl sites for hydroxylation is 1. The highest BCUT2D eigenvalue weighted by Gasteiger charge is 2.23. The lowest BCUT2D eigenvalue weighted by atomic mass is 9.75. The molecule has 1 aromatic carbocycles. The average molecular weight is 203 g/mol. The number of hydrogen-bond donors (Lipinski definition) is 1. The number of benzene rings is 1. The van der Waals surface area contributed by atoms with Crippen molar-refractivity contribution in [2.45, 2.75) is 44.9 Å². The third-order valence-corrected chi connectivity index (χ3v) is 3.68. The van der Waals surface area contributed by atoms with Gasteiger partial charge in [0.15, 0.2) is 0 Å². The first-order valence-electron chi connectivity index (χ1n) is 6.03. The van der Waals surface area contributed by atoms with Crippen LogP contribution >= 0.6 is 0 Å². The molecular formula is C14H21N. The quantitative estimate of drug-likeness (QED) is 0.784. The molecule has 0 saturated heterocycles. The van der Waals surface area contributed by atoms with E-state index in [2.05, 4.69) is 32.0 Å². The predicted molar refractivity (Wildman–Crippen MR) is 65.2 cm³/mol. The Balaban J connectivity index is 2.37. The molecular weight excluding hydrogens is 182 g/mol. The summed E-state index contributed by atoms with van der Waals surface area (Å²) in [5.41, 5.74) is 10.2. The molecule has 1 nitrogen and oxygen atoms in total. The lowest BCUT2D eigenvalue weighted by Crippen LogP contribution is -2.16. The number of hydrogen-bond acceptors (Lipinski definition) is 1. The van der Waals surface area contributed by atoms with Gasteiger partial charge in [0, 0.05) is 0 Å².